The third kappa shape index (κ3) is 3.20. The Hall–Kier alpha value is -0.810. The maximum absolute atomic E-state index is 12.1. The molecule has 5 heteroatoms. The van der Waals surface area contributed by atoms with Gasteiger partial charge in [0.1, 0.15) is 0 Å². The fraction of sp³-hybridized carbons (Fsp3) is 0.929. The van der Waals surface area contributed by atoms with Crippen LogP contribution in [0, 0.1) is 0 Å². The largest absolute Gasteiger partial charge is 0.335 e. The summed E-state index contributed by atoms with van der Waals surface area (Å²) in [5.74, 6) is 0. The molecule has 2 heterocycles. The number of nitrogens with one attached hydrogen (secondary N) is 2. The number of urea groups is 1. The van der Waals surface area contributed by atoms with E-state index in [9.17, 15) is 4.79 Å². The Labute approximate surface area is 115 Å². The first-order valence-electron chi connectivity index (χ1n) is 7.83. The molecule has 3 fully saturated rings. The van der Waals surface area contributed by atoms with Crippen LogP contribution in [0.2, 0.25) is 0 Å². The van der Waals surface area contributed by atoms with Crippen molar-refractivity contribution in [2.45, 2.75) is 44.2 Å². The van der Waals surface area contributed by atoms with Crippen LogP contribution in [-0.4, -0.2) is 67.2 Å². The summed E-state index contributed by atoms with van der Waals surface area (Å²) in [6.07, 6.45) is 6.21. The van der Waals surface area contributed by atoms with Crippen LogP contribution in [0.5, 0.6) is 0 Å². The Morgan fingerprint density at radius 3 is 2.42 bits per heavy atom. The van der Waals surface area contributed by atoms with E-state index in [-0.39, 0.29) is 6.03 Å². The lowest BCUT2D eigenvalue weighted by Crippen LogP contribution is -2.65. The van der Waals surface area contributed by atoms with E-state index in [1.54, 1.807) is 0 Å². The quantitative estimate of drug-likeness (QED) is 0.770. The number of nitrogens with zero attached hydrogens (tertiary/aromatic N) is 2. The van der Waals surface area contributed by atoms with E-state index >= 15 is 0 Å². The standard InChI is InChI=1S/C14H26N4O/c19-14(16-12-4-2-1-3-5-12)18-10-13(11-18)17-8-6-15-7-9-17/h12-13,15H,1-11H2,(H,16,19). The van der Waals surface area contributed by atoms with Gasteiger partial charge >= 0.3 is 6.03 Å². The van der Waals surface area contributed by atoms with E-state index in [0.717, 1.165) is 39.3 Å². The van der Waals surface area contributed by atoms with Crippen molar-refractivity contribution >= 4 is 6.03 Å². The highest BCUT2D eigenvalue weighted by molar-refractivity contribution is 5.75. The van der Waals surface area contributed by atoms with Gasteiger partial charge in [-0.25, -0.2) is 4.79 Å². The molecule has 0 atom stereocenters. The van der Waals surface area contributed by atoms with Crippen molar-refractivity contribution in [3.63, 3.8) is 0 Å². The van der Waals surface area contributed by atoms with Crippen LogP contribution in [0.1, 0.15) is 32.1 Å². The Bertz CT molecular complexity index is 305. The van der Waals surface area contributed by atoms with E-state index in [4.69, 9.17) is 0 Å². The van der Waals surface area contributed by atoms with Crippen LogP contribution in [0.3, 0.4) is 0 Å². The predicted molar refractivity (Wildman–Crippen MR) is 75.2 cm³/mol. The number of hydrogen-bond donors (Lipinski definition) is 2. The van der Waals surface area contributed by atoms with Crippen molar-refractivity contribution in [2.75, 3.05) is 39.3 Å². The van der Waals surface area contributed by atoms with Gasteiger partial charge < -0.3 is 15.5 Å². The molecule has 2 amide bonds. The second-order valence-electron chi connectivity index (χ2n) is 6.13. The van der Waals surface area contributed by atoms with Crippen LogP contribution in [0.4, 0.5) is 4.79 Å². The molecule has 3 rings (SSSR count). The summed E-state index contributed by atoms with van der Waals surface area (Å²) in [6, 6.07) is 1.19. The van der Waals surface area contributed by atoms with E-state index in [0.29, 0.717) is 12.1 Å². The number of carbonyl (C=O) groups excluding carboxylic acids is 1. The van der Waals surface area contributed by atoms with Crippen molar-refractivity contribution in [2.24, 2.45) is 0 Å². The monoisotopic (exact) mass is 266 g/mol. The average Bonchev–Trinajstić information content (AvgIpc) is 2.39. The third-order valence-corrected chi connectivity index (χ3v) is 4.75. The highest BCUT2D eigenvalue weighted by Gasteiger charge is 2.35. The first-order valence-corrected chi connectivity index (χ1v) is 7.83. The molecular weight excluding hydrogens is 240 g/mol. The fourth-order valence-electron chi connectivity index (χ4n) is 3.41. The maximum atomic E-state index is 12.1. The van der Waals surface area contributed by atoms with Gasteiger partial charge in [0, 0.05) is 51.4 Å². The van der Waals surface area contributed by atoms with Gasteiger partial charge in [-0.15, -0.1) is 0 Å². The van der Waals surface area contributed by atoms with Gasteiger partial charge in [0.2, 0.25) is 0 Å². The summed E-state index contributed by atoms with van der Waals surface area (Å²) in [7, 11) is 0. The molecule has 3 aliphatic rings. The molecule has 1 saturated carbocycles. The lowest BCUT2D eigenvalue weighted by Gasteiger charge is -2.47. The molecule has 2 N–H and O–H groups in total. The zero-order valence-electron chi connectivity index (χ0n) is 11.7. The first kappa shape index (κ1) is 13.2. The molecule has 1 aliphatic carbocycles. The highest BCUT2D eigenvalue weighted by atomic mass is 16.2. The van der Waals surface area contributed by atoms with Gasteiger partial charge in [0.05, 0.1) is 0 Å². The summed E-state index contributed by atoms with van der Waals surface area (Å²) < 4.78 is 0. The van der Waals surface area contributed by atoms with E-state index < -0.39 is 0 Å². The number of carbonyl (C=O) groups is 1. The van der Waals surface area contributed by atoms with Crippen molar-refractivity contribution < 1.29 is 4.79 Å². The second-order valence-corrected chi connectivity index (χ2v) is 6.13. The van der Waals surface area contributed by atoms with Crippen molar-refractivity contribution in [3.8, 4) is 0 Å². The van der Waals surface area contributed by atoms with Gasteiger partial charge in [0.25, 0.3) is 0 Å². The van der Waals surface area contributed by atoms with E-state index in [1.807, 2.05) is 4.90 Å². The summed E-state index contributed by atoms with van der Waals surface area (Å²) >= 11 is 0. The molecular formula is C14H26N4O. The minimum absolute atomic E-state index is 0.165. The van der Waals surface area contributed by atoms with Gasteiger partial charge in [-0.05, 0) is 12.8 Å². The van der Waals surface area contributed by atoms with Crippen molar-refractivity contribution in [3.05, 3.63) is 0 Å². The molecule has 108 valence electrons. The molecule has 19 heavy (non-hydrogen) atoms. The third-order valence-electron chi connectivity index (χ3n) is 4.75. The highest BCUT2D eigenvalue weighted by Crippen LogP contribution is 2.19. The van der Waals surface area contributed by atoms with E-state index in [1.165, 1.54) is 32.1 Å². The molecule has 0 aromatic carbocycles. The number of likely N-dealkylation sites (tertiary alicyclic amines) is 1. The minimum Gasteiger partial charge on any atom is -0.335 e. The Kier molecular flexibility index (Phi) is 4.23. The van der Waals surface area contributed by atoms with Gasteiger partial charge in [-0.3, -0.25) is 4.90 Å². The Morgan fingerprint density at radius 1 is 1.05 bits per heavy atom. The van der Waals surface area contributed by atoms with Gasteiger partial charge in [-0.1, -0.05) is 19.3 Å². The lowest BCUT2D eigenvalue weighted by atomic mass is 9.95. The number of amides is 2. The van der Waals surface area contributed by atoms with Crippen LogP contribution in [0.15, 0.2) is 0 Å². The van der Waals surface area contributed by atoms with Crippen LogP contribution in [-0.2, 0) is 0 Å². The SMILES string of the molecule is O=C(NC1CCCCC1)N1CC(N2CCNCC2)C1. The molecule has 0 radical (unpaired) electrons. The van der Waals surface area contributed by atoms with Gasteiger partial charge in [0.15, 0.2) is 0 Å². The molecule has 5 nitrogen and oxygen atoms in total. The minimum atomic E-state index is 0.165. The summed E-state index contributed by atoms with van der Waals surface area (Å²) in [5, 5.41) is 6.57. The molecule has 0 unspecified atom stereocenters. The van der Waals surface area contributed by atoms with Crippen molar-refractivity contribution in [1.82, 2.24) is 20.4 Å². The summed E-state index contributed by atoms with van der Waals surface area (Å²) in [5.41, 5.74) is 0. The van der Waals surface area contributed by atoms with Crippen LogP contribution < -0.4 is 10.6 Å². The second kappa shape index (κ2) is 6.09. The predicted octanol–water partition coefficient (Wildman–Crippen LogP) is 0.618. The maximum Gasteiger partial charge on any atom is 0.317 e. The van der Waals surface area contributed by atoms with E-state index in [2.05, 4.69) is 15.5 Å². The van der Waals surface area contributed by atoms with Crippen LogP contribution in [0.25, 0.3) is 0 Å². The molecule has 0 spiro atoms. The number of piperazine rings is 1. The fourth-order valence-corrected chi connectivity index (χ4v) is 3.41. The molecule has 2 aliphatic heterocycles. The molecule has 2 saturated heterocycles. The zero-order chi connectivity index (χ0) is 13.1. The topological polar surface area (TPSA) is 47.6 Å². The number of rotatable bonds is 2. The Balaban J connectivity index is 1.38. The first-order chi connectivity index (χ1) is 9.33. The lowest BCUT2D eigenvalue weighted by molar-refractivity contribution is 0.0479. The summed E-state index contributed by atoms with van der Waals surface area (Å²) in [6.45, 7) is 6.26. The average molecular weight is 266 g/mol. The molecule has 0 aromatic rings. The summed E-state index contributed by atoms with van der Waals surface area (Å²) in [4.78, 5) is 16.6. The number of hydrogen-bond acceptors (Lipinski definition) is 3. The molecule has 0 aromatic heterocycles. The van der Waals surface area contributed by atoms with Crippen LogP contribution >= 0.6 is 0 Å². The van der Waals surface area contributed by atoms with Gasteiger partial charge in [-0.2, -0.15) is 0 Å². The molecule has 0 bridgehead atoms. The smallest absolute Gasteiger partial charge is 0.317 e. The normalized spacial score (nSPS) is 27.1. The zero-order valence-corrected chi connectivity index (χ0v) is 11.7. The Morgan fingerprint density at radius 2 is 1.74 bits per heavy atom. The van der Waals surface area contributed by atoms with Crippen molar-refractivity contribution in [1.29, 1.82) is 0 Å².